The minimum atomic E-state index is -0.208. The first-order valence-electron chi connectivity index (χ1n) is 10.7. The van der Waals surface area contributed by atoms with Gasteiger partial charge in [-0.3, -0.25) is 4.79 Å². The largest absolute Gasteiger partial charge is 0.372 e. The number of piperidine rings is 1. The van der Waals surface area contributed by atoms with E-state index < -0.39 is 0 Å². The van der Waals surface area contributed by atoms with Gasteiger partial charge in [0.25, 0.3) is 5.91 Å². The summed E-state index contributed by atoms with van der Waals surface area (Å²) in [6.07, 6.45) is 4.65. The van der Waals surface area contributed by atoms with Gasteiger partial charge in [0.2, 0.25) is 5.95 Å². The summed E-state index contributed by atoms with van der Waals surface area (Å²) in [6.45, 7) is 9.43. The van der Waals surface area contributed by atoms with Crippen molar-refractivity contribution in [3.63, 3.8) is 0 Å². The highest BCUT2D eigenvalue weighted by molar-refractivity contribution is 6.03. The number of hydrogen-bond donors (Lipinski definition) is 1. The van der Waals surface area contributed by atoms with Crippen molar-refractivity contribution in [2.45, 2.75) is 46.5 Å². The van der Waals surface area contributed by atoms with Crippen molar-refractivity contribution in [2.24, 2.45) is 5.92 Å². The SMILES string of the molecule is CCCCN(C)c1nc(C)cc(C(=O)Nc2ccc(N3CCC(C)CC3)cc2)n1. The molecule has 0 atom stereocenters. The van der Waals surface area contributed by atoms with Crippen molar-refractivity contribution >= 4 is 23.2 Å². The Balaban J connectivity index is 1.66. The molecule has 0 aliphatic carbocycles. The molecule has 0 spiro atoms. The average molecular weight is 396 g/mol. The second-order valence-corrected chi connectivity index (χ2v) is 8.14. The third kappa shape index (κ3) is 5.68. The van der Waals surface area contributed by atoms with Crippen molar-refractivity contribution in [1.29, 1.82) is 0 Å². The maximum Gasteiger partial charge on any atom is 0.274 e. The fourth-order valence-corrected chi connectivity index (χ4v) is 3.55. The van der Waals surface area contributed by atoms with E-state index >= 15 is 0 Å². The Labute approximate surface area is 174 Å². The Morgan fingerprint density at radius 3 is 2.55 bits per heavy atom. The lowest BCUT2D eigenvalue weighted by atomic mass is 9.99. The maximum absolute atomic E-state index is 12.7. The van der Waals surface area contributed by atoms with Crippen LogP contribution in [0.3, 0.4) is 0 Å². The molecule has 6 nitrogen and oxygen atoms in total. The number of rotatable bonds is 7. The van der Waals surface area contributed by atoms with Gasteiger partial charge < -0.3 is 15.1 Å². The second-order valence-electron chi connectivity index (χ2n) is 8.14. The summed E-state index contributed by atoms with van der Waals surface area (Å²) in [5.74, 6) is 1.20. The molecule has 3 rings (SSSR count). The van der Waals surface area contributed by atoms with E-state index in [1.165, 1.54) is 18.5 Å². The number of benzene rings is 1. The van der Waals surface area contributed by atoms with Gasteiger partial charge in [0.05, 0.1) is 0 Å². The van der Waals surface area contributed by atoms with E-state index in [9.17, 15) is 4.79 Å². The smallest absolute Gasteiger partial charge is 0.274 e. The topological polar surface area (TPSA) is 61.4 Å². The molecule has 2 heterocycles. The summed E-state index contributed by atoms with van der Waals surface area (Å²) in [5, 5.41) is 2.97. The van der Waals surface area contributed by atoms with Crippen molar-refractivity contribution in [2.75, 3.05) is 41.8 Å². The van der Waals surface area contributed by atoms with Crippen LogP contribution in [-0.4, -0.2) is 42.6 Å². The number of carbonyl (C=O) groups excluding carboxylic acids is 1. The fourth-order valence-electron chi connectivity index (χ4n) is 3.55. The monoisotopic (exact) mass is 395 g/mol. The third-order valence-corrected chi connectivity index (χ3v) is 5.54. The lowest BCUT2D eigenvalue weighted by molar-refractivity contribution is 0.102. The van der Waals surface area contributed by atoms with Crippen LogP contribution in [0.5, 0.6) is 0 Å². The van der Waals surface area contributed by atoms with E-state index in [-0.39, 0.29) is 5.91 Å². The molecule has 0 radical (unpaired) electrons. The van der Waals surface area contributed by atoms with Crippen LogP contribution in [0.15, 0.2) is 30.3 Å². The zero-order chi connectivity index (χ0) is 20.8. The Morgan fingerprint density at radius 2 is 1.90 bits per heavy atom. The summed E-state index contributed by atoms with van der Waals surface area (Å²) in [4.78, 5) is 26.1. The van der Waals surface area contributed by atoms with Crippen LogP contribution in [0.2, 0.25) is 0 Å². The molecule has 1 aromatic carbocycles. The number of aryl methyl sites for hydroxylation is 1. The number of nitrogens with one attached hydrogen (secondary N) is 1. The summed E-state index contributed by atoms with van der Waals surface area (Å²) < 4.78 is 0. The highest BCUT2D eigenvalue weighted by Gasteiger charge is 2.17. The number of hydrogen-bond acceptors (Lipinski definition) is 5. The number of anilines is 3. The molecule has 1 N–H and O–H groups in total. The van der Waals surface area contributed by atoms with E-state index in [0.717, 1.165) is 49.8 Å². The van der Waals surface area contributed by atoms with E-state index in [1.807, 2.05) is 31.0 Å². The summed E-state index contributed by atoms with van der Waals surface area (Å²) in [7, 11) is 1.96. The molecule has 6 heteroatoms. The Hall–Kier alpha value is -2.63. The van der Waals surface area contributed by atoms with Crippen LogP contribution in [-0.2, 0) is 0 Å². The fraction of sp³-hybridized carbons (Fsp3) is 0.522. The van der Waals surface area contributed by atoms with E-state index in [0.29, 0.717) is 11.6 Å². The molecule has 1 amide bonds. The molecule has 0 bridgehead atoms. The summed E-state index contributed by atoms with van der Waals surface area (Å²) in [6, 6.07) is 9.83. The van der Waals surface area contributed by atoms with Crippen LogP contribution < -0.4 is 15.1 Å². The normalized spacial score (nSPS) is 14.7. The molecule has 2 aromatic rings. The predicted molar refractivity (Wildman–Crippen MR) is 120 cm³/mol. The first kappa shape index (κ1) is 21.1. The number of aromatic nitrogens is 2. The average Bonchev–Trinajstić information content (AvgIpc) is 2.72. The second kappa shape index (κ2) is 9.72. The van der Waals surface area contributed by atoms with E-state index in [4.69, 9.17) is 0 Å². The minimum Gasteiger partial charge on any atom is -0.372 e. The van der Waals surface area contributed by atoms with Gasteiger partial charge in [0, 0.05) is 43.8 Å². The quantitative estimate of drug-likeness (QED) is 0.747. The minimum absolute atomic E-state index is 0.208. The third-order valence-electron chi connectivity index (χ3n) is 5.54. The summed E-state index contributed by atoms with van der Waals surface area (Å²) in [5.41, 5.74) is 3.18. The molecular formula is C23H33N5O. The van der Waals surface area contributed by atoms with Gasteiger partial charge in [-0.1, -0.05) is 20.3 Å². The van der Waals surface area contributed by atoms with Crippen molar-refractivity contribution in [3.05, 3.63) is 41.7 Å². The number of unbranched alkanes of at least 4 members (excludes halogenated alkanes) is 1. The van der Waals surface area contributed by atoms with Gasteiger partial charge >= 0.3 is 0 Å². The van der Waals surface area contributed by atoms with Gasteiger partial charge in [-0.2, -0.15) is 0 Å². The van der Waals surface area contributed by atoms with Crippen LogP contribution in [0, 0.1) is 12.8 Å². The molecule has 0 unspecified atom stereocenters. The van der Waals surface area contributed by atoms with Crippen molar-refractivity contribution < 1.29 is 4.79 Å². The van der Waals surface area contributed by atoms with Gasteiger partial charge in [-0.05, 0) is 62.4 Å². The van der Waals surface area contributed by atoms with E-state index in [2.05, 4.69) is 46.2 Å². The molecule has 1 saturated heterocycles. The van der Waals surface area contributed by atoms with Crippen LogP contribution in [0.4, 0.5) is 17.3 Å². The summed E-state index contributed by atoms with van der Waals surface area (Å²) >= 11 is 0. The van der Waals surface area contributed by atoms with Crippen LogP contribution in [0.1, 0.15) is 55.7 Å². The maximum atomic E-state index is 12.7. The molecule has 1 fully saturated rings. The molecule has 1 aliphatic heterocycles. The van der Waals surface area contributed by atoms with Gasteiger partial charge in [-0.15, -0.1) is 0 Å². The molecule has 1 aromatic heterocycles. The first-order valence-corrected chi connectivity index (χ1v) is 10.7. The van der Waals surface area contributed by atoms with Gasteiger partial charge in [0.15, 0.2) is 0 Å². The molecule has 29 heavy (non-hydrogen) atoms. The van der Waals surface area contributed by atoms with Crippen molar-refractivity contribution in [3.8, 4) is 0 Å². The number of amides is 1. The predicted octanol–water partition coefficient (Wildman–Crippen LogP) is 4.51. The lowest BCUT2D eigenvalue weighted by Gasteiger charge is -2.32. The number of nitrogens with zero attached hydrogens (tertiary/aromatic N) is 4. The Morgan fingerprint density at radius 1 is 1.21 bits per heavy atom. The van der Waals surface area contributed by atoms with E-state index in [1.54, 1.807) is 6.07 Å². The van der Waals surface area contributed by atoms with Gasteiger partial charge in [0.1, 0.15) is 5.69 Å². The Bertz CT molecular complexity index is 813. The lowest BCUT2D eigenvalue weighted by Crippen LogP contribution is -2.32. The molecule has 1 aliphatic rings. The molecule has 0 saturated carbocycles. The standard InChI is InChI=1S/C23H33N5O/c1-5-6-13-27(4)23-24-18(3)16-21(26-23)22(29)25-19-7-9-20(10-8-19)28-14-11-17(2)12-15-28/h7-10,16-17H,5-6,11-15H2,1-4H3,(H,25,29). The van der Waals surface area contributed by atoms with Crippen molar-refractivity contribution in [1.82, 2.24) is 9.97 Å². The zero-order valence-electron chi connectivity index (χ0n) is 18.1. The zero-order valence-corrected chi connectivity index (χ0v) is 18.1. The first-order chi connectivity index (χ1) is 14.0. The number of carbonyl (C=O) groups is 1. The Kier molecular flexibility index (Phi) is 7.07. The van der Waals surface area contributed by atoms with Crippen LogP contribution in [0.25, 0.3) is 0 Å². The highest BCUT2D eigenvalue weighted by Crippen LogP contribution is 2.24. The van der Waals surface area contributed by atoms with Gasteiger partial charge in [-0.25, -0.2) is 9.97 Å². The molecule has 156 valence electrons. The van der Waals surface area contributed by atoms with Crippen LogP contribution >= 0.6 is 0 Å². The molecular weight excluding hydrogens is 362 g/mol. The highest BCUT2D eigenvalue weighted by atomic mass is 16.1.